The van der Waals surface area contributed by atoms with E-state index in [0.717, 1.165) is 11.1 Å². The molecular weight excluding hydrogens is 208 g/mol. The largest absolute Gasteiger partial charge is 0.482 e. The van der Waals surface area contributed by atoms with Gasteiger partial charge in [0.25, 0.3) is 0 Å². The highest BCUT2D eigenvalue weighted by molar-refractivity contribution is 5.84. The monoisotopic (exact) mass is 222 g/mol. The minimum absolute atomic E-state index is 0.262. The number of carbonyl (C=O) groups excluding carboxylic acids is 2. The van der Waals surface area contributed by atoms with E-state index in [1.165, 1.54) is 6.92 Å². The second kappa shape index (κ2) is 5.30. The van der Waals surface area contributed by atoms with Crippen molar-refractivity contribution < 1.29 is 19.1 Å². The summed E-state index contributed by atoms with van der Waals surface area (Å²) in [5.41, 5.74) is 2.23. The van der Waals surface area contributed by atoms with Gasteiger partial charge in [0.15, 0.2) is 6.61 Å². The lowest BCUT2D eigenvalue weighted by molar-refractivity contribution is -0.159. The van der Waals surface area contributed by atoms with Gasteiger partial charge in [-0.3, -0.25) is 4.79 Å². The molecule has 0 fully saturated rings. The fourth-order valence-electron chi connectivity index (χ4n) is 1.14. The summed E-state index contributed by atoms with van der Waals surface area (Å²) < 4.78 is 9.50. The van der Waals surface area contributed by atoms with Gasteiger partial charge in [0.05, 0.1) is 0 Å². The molecule has 0 aromatic heterocycles. The molecule has 0 N–H and O–H groups in total. The molecule has 1 aromatic rings. The Bertz CT molecular complexity index is 409. The van der Waals surface area contributed by atoms with E-state index in [1.807, 2.05) is 26.0 Å². The van der Waals surface area contributed by atoms with Crippen molar-refractivity contribution >= 4 is 11.9 Å². The molecule has 0 atom stereocenters. The van der Waals surface area contributed by atoms with Gasteiger partial charge in [0, 0.05) is 6.92 Å². The summed E-state index contributed by atoms with van der Waals surface area (Å²) in [5.74, 6) is -0.733. The molecule has 1 rings (SSSR count). The molecule has 1 aromatic carbocycles. The number of esters is 2. The average molecular weight is 222 g/mol. The van der Waals surface area contributed by atoms with Crippen molar-refractivity contribution in [3.8, 4) is 5.75 Å². The number of rotatable bonds is 3. The molecule has 0 aliphatic heterocycles. The third-order valence-corrected chi connectivity index (χ3v) is 2.09. The van der Waals surface area contributed by atoms with Crippen LogP contribution < -0.4 is 4.74 Å². The van der Waals surface area contributed by atoms with Crippen LogP contribution in [-0.2, 0) is 14.3 Å². The molecule has 0 radical (unpaired) electrons. The van der Waals surface area contributed by atoms with Crippen molar-refractivity contribution in [1.29, 1.82) is 0 Å². The van der Waals surface area contributed by atoms with Crippen LogP contribution in [0, 0.1) is 13.8 Å². The predicted molar refractivity (Wildman–Crippen MR) is 58.2 cm³/mol. The fourth-order valence-corrected chi connectivity index (χ4v) is 1.14. The number of hydrogen-bond acceptors (Lipinski definition) is 4. The highest BCUT2D eigenvalue weighted by Crippen LogP contribution is 2.16. The van der Waals surface area contributed by atoms with E-state index in [1.54, 1.807) is 6.07 Å². The van der Waals surface area contributed by atoms with Crippen LogP contribution >= 0.6 is 0 Å². The van der Waals surface area contributed by atoms with Gasteiger partial charge in [-0.1, -0.05) is 6.07 Å². The van der Waals surface area contributed by atoms with Gasteiger partial charge >= 0.3 is 11.9 Å². The van der Waals surface area contributed by atoms with E-state index in [9.17, 15) is 9.59 Å². The number of aryl methyl sites for hydroxylation is 2. The van der Waals surface area contributed by atoms with E-state index >= 15 is 0 Å². The zero-order valence-electron chi connectivity index (χ0n) is 9.57. The van der Waals surface area contributed by atoms with Gasteiger partial charge in [-0.2, -0.15) is 0 Å². The lowest BCUT2D eigenvalue weighted by atomic mass is 10.1. The normalized spacial score (nSPS) is 9.69. The van der Waals surface area contributed by atoms with Gasteiger partial charge < -0.3 is 9.47 Å². The van der Waals surface area contributed by atoms with Gasteiger partial charge in [0.2, 0.25) is 0 Å². The van der Waals surface area contributed by atoms with Gasteiger partial charge in [0.1, 0.15) is 5.75 Å². The first-order valence-corrected chi connectivity index (χ1v) is 4.90. The predicted octanol–water partition coefficient (Wildman–Crippen LogP) is 1.77. The average Bonchev–Trinajstić information content (AvgIpc) is 2.19. The minimum Gasteiger partial charge on any atom is -0.482 e. The second-order valence-electron chi connectivity index (χ2n) is 3.50. The molecule has 4 nitrogen and oxygen atoms in total. The van der Waals surface area contributed by atoms with Crippen molar-refractivity contribution in [3.05, 3.63) is 29.3 Å². The van der Waals surface area contributed by atoms with Crippen LogP contribution in [0.1, 0.15) is 18.1 Å². The topological polar surface area (TPSA) is 52.6 Å². The zero-order valence-corrected chi connectivity index (χ0v) is 9.57. The molecule has 0 aliphatic carbocycles. The Labute approximate surface area is 94.2 Å². The lowest BCUT2D eigenvalue weighted by Gasteiger charge is -2.07. The Morgan fingerprint density at radius 3 is 2.44 bits per heavy atom. The Morgan fingerprint density at radius 1 is 1.19 bits per heavy atom. The number of benzene rings is 1. The Balaban J connectivity index is 2.51. The summed E-state index contributed by atoms with van der Waals surface area (Å²) in [7, 11) is 0. The SMILES string of the molecule is CC(=O)OC(=O)COc1ccc(C)c(C)c1. The quantitative estimate of drug-likeness (QED) is 0.577. The molecular formula is C12H14O4. The summed E-state index contributed by atoms with van der Waals surface area (Å²) in [4.78, 5) is 21.5. The molecule has 86 valence electrons. The first-order valence-electron chi connectivity index (χ1n) is 4.90. The Hall–Kier alpha value is -1.84. The highest BCUT2D eigenvalue weighted by atomic mass is 16.6. The van der Waals surface area contributed by atoms with Crippen LogP contribution in [0.15, 0.2) is 18.2 Å². The zero-order chi connectivity index (χ0) is 12.1. The maximum atomic E-state index is 11.0. The molecule has 16 heavy (non-hydrogen) atoms. The van der Waals surface area contributed by atoms with Crippen LogP contribution in [0.3, 0.4) is 0 Å². The van der Waals surface area contributed by atoms with Crippen molar-refractivity contribution in [2.75, 3.05) is 6.61 Å². The molecule has 0 aliphatic rings. The summed E-state index contributed by atoms with van der Waals surface area (Å²) >= 11 is 0. The first-order chi connectivity index (χ1) is 7.49. The Morgan fingerprint density at radius 2 is 1.88 bits per heavy atom. The number of carbonyl (C=O) groups is 2. The van der Waals surface area contributed by atoms with E-state index < -0.39 is 11.9 Å². The number of ether oxygens (including phenoxy) is 2. The van der Waals surface area contributed by atoms with Gasteiger partial charge in [-0.05, 0) is 37.1 Å². The van der Waals surface area contributed by atoms with Crippen molar-refractivity contribution in [1.82, 2.24) is 0 Å². The summed E-state index contributed by atoms with van der Waals surface area (Å²) in [6.07, 6.45) is 0. The Kier molecular flexibility index (Phi) is 4.05. The third-order valence-electron chi connectivity index (χ3n) is 2.09. The fraction of sp³-hybridized carbons (Fsp3) is 0.333. The maximum Gasteiger partial charge on any atom is 0.351 e. The minimum atomic E-state index is -0.689. The van der Waals surface area contributed by atoms with E-state index in [-0.39, 0.29) is 6.61 Å². The molecule has 0 saturated carbocycles. The van der Waals surface area contributed by atoms with Crippen LogP contribution in [0.25, 0.3) is 0 Å². The maximum absolute atomic E-state index is 11.0. The molecule has 0 amide bonds. The van der Waals surface area contributed by atoms with E-state index in [4.69, 9.17) is 4.74 Å². The number of hydrogen-bond donors (Lipinski definition) is 0. The van der Waals surface area contributed by atoms with Crippen LogP contribution in [0.2, 0.25) is 0 Å². The second-order valence-corrected chi connectivity index (χ2v) is 3.50. The molecule has 0 saturated heterocycles. The van der Waals surface area contributed by atoms with Crippen molar-refractivity contribution in [3.63, 3.8) is 0 Å². The molecule has 0 heterocycles. The summed E-state index contributed by atoms with van der Waals surface area (Å²) in [5, 5.41) is 0. The van der Waals surface area contributed by atoms with Crippen LogP contribution in [0.5, 0.6) is 5.75 Å². The first kappa shape index (κ1) is 12.2. The summed E-state index contributed by atoms with van der Waals surface area (Å²) in [6, 6.07) is 5.50. The smallest absolute Gasteiger partial charge is 0.351 e. The van der Waals surface area contributed by atoms with E-state index in [0.29, 0.717) is 5.75 Å². The van der Waals surface area contributed by atoms with Crippen LogP contribution in [0.4, 0.5) is 0 Å². The molecule has 4 heteroatoms. The van der Waals surface area contributed by atoms with Crippen molar-refractivity contribution in [2.45, 2.75) is 20.8 Å². The lowest BCUT2D eigenvalue weighted by Crippen LogP contribution is -2.17. The molecule has 0 bridgehead atoms. The third kappa shape index (κ3) is 3.73. The molecule has 0 spiro atoms. The van der Waals surface area contributed by atoms with E-state index in [2.05, 4.69) is 4.74 Å². The standard InChI is InChI=1S/C12H14O4/c1-8-4-5-11(6-9(8)2)15-7-12(14)16-10(3)13/h4-6H,7H2,1-3H3. The van der Waals surface area contributed by atoms with Crippen molar-refractivity contribution in [2.24, 2.45) is 0 Å². The highest BCUT2D eigenvalue weighted by Gasteiger charge is 2.07. The van der Waals surface area contributed by atoms with Crippen LogP contribution in [-0.4, -0.2) is 18.5 Å². The van der Waals surface area contributed by atoms with Gasteiger partial charge in [-0.15, -0.1) is 0 Å². The summed E-state index contributed by atoms with van der Waals surface area (Å²) in [6.45, 7) is 4.86. The molecule has 0 unspecified atom stereocenters. The van der Waals surface area contributed by atoms with Gasteiger partial charge in [-0.25, -0.2) is 4.79 Å².